The van der Waals surface area contributed by atoms with Gasteiger partial charge in [0, 0.05) is 12.1 Å². The van der Waals surface area contributed by atoms with E-state index in [-0.39, 0.29) is 6.04 Å². The third-order valence-electron chi connectivity index (χ3n) is 2.16. The molecule has 0 fully saturated rings. The van der Waals surface area contributed by atoms with Crippen molar-refractivity contribution in [1.29, 1.82) is 0 Å². The zero-order valence-electron chi connectivity index (χ0n) is 9.35. The Morgan fingerprint density at radius 3 is 2.40 bits per heavy atom. The SMILES string of the molecule is CC(C)CC(C)Nc1ccc(F)cc1F. The second-order valence-electron chi connectivity index (χ2n) is 4.30. The van der Waals surface area contributed by atoms with Crippen LogP contribution >= 0.6 is 0 Å². The first-order valence-electron chi connectivity index (χ1n) is 5.20. The van der Waals surface area contributed by atoms with Gasteiger partial charge in [-0.3, -0.25) is 0 Å². The molecule has 1 rings (SSSR count). The summed E-state index contributed by atoms with van der Waals surface area (Å²) in [5.74, 6) is -0.531. The maximum absolute atomic E-state index is 13.2. The Hall–Kier alpha value is -1.12. The molecule has 15 heavy (non-hydrogen) atoms. The van der Waals surface area contributed by atoms with Crippen molar-refractivity contribution in [3.8, 4) is 0 Å². The summed E-state index contributed by atoms with van der Waals surface area (Å²) in [5.41, 5.74) is 0.365. The first-order chi connectivity index (χ1) is 6.99. The van der Waals surface area contributed by atoms with Crippen LogP contribution in [0.3, 0.4) is 0 Å². The number of hydrogen-bond donors (Lipinski definition) is 1. The molecule has 1 N–H and O–H groups in total. The van der Waals surface area contributed by atoms with Gasteiger partial charge in [-0.1, -0.05) is 13.8 Å². The molecule has 1 atom stereocenters. The van der Waals surface area contributed by atoms with E-state index in [1.807, 2.05) is 6.92 Å². The molecule has 0 aliphatic heterocycles. The summed E-state index contributed by atoms with van der Waals surface area (Å²) in [5, 5.41) is 3.03. The largest absolute Gasteiger partial charge is 0.380 e. The van der Waals surface area contributed by atoms with Gasteiger partial charge < -0.3 is 5.32 Å². The molecule has 1 nitrogen and oxygen atoms in total. The molecule has 1 unspecified atom stereocenters. The Bertz CT molecular complexity index is 323. The van der Waals surface area contributed by atoms with Gasteiger partial charge >= 0.3 is 0 Å². The Morgan fingerprint density at radius 1 is 1.20 bits per heavy atom. The molecule has 84 valence electrons. The van der Waals surface area contributed by atoms with Gasteiger partial charge in [0.25, 0.3) is 0 Å². The van der Waals surface area contributed by atoms with Gasteiger partial charge in [-0.05, 0) is 31.4 Å². The maximum Gasteiger partial charge on any atom is 0.149 e. The Labute approximate surface area is 89.5 Å². The predicted molar refractivity (Wildman–Crippen MR) is 58.9 cm³/mol. The number of nitrogens with one attached hydrogen (secondary N) is 1. The van der Waals surface area contributed by atoms with Crippen molar-refractivity contribution in [3.63, 3.8) is 0 Å². The Kier molecular flexibility index (Phi) is 4.06. The number of hydrogen-bond acceptors (Lipinski definition) is 1. The first-order valence-corrected chi connectivity index (χ1v) is 5.20. The normalized spacial score (nSPS) is 12.9. The van der Waals surface area contributed by atoms with Gasteiger partial charge in [0.05, 0.1) is 5.69 Å². The highest BCUT2D eigenvalue weighted by molar-refractivity contribution is 5.45. The van der Waals surface area contributed by atoms with Gasteiger partial charge in [-0.25, -0.2) is 8.78 Å². The van der Waals surface area contributed by atoms with E-state index in [1.54, 1.807) is 0 Å². The highest BCUT2D eigenvalue weighted by Crippen LogP contribution is 2.17. The molecule has 0 amide bonds. The zero-order valence-corrected chi connectivity index (χ0v) is 9.35. The minimum absolute atomic E-state index is 0.185. The van der Waals surface area contributed by atoms with E-state index in [0.29, 0.717) is 11.6 Å². The first kappa shape index (κ1) is 12.0. The highest BCUT2D eigenvalue weighted by Gasteiger charge is 2.08. The number of rotatable bonds is 4. The number of benzene rings is 1. The van der Waals surface area contributed by atoms with E-state index in [0.717, 1.165) is 12.5 Å². The third-order valence-corrected chi connectivity index (χ3v) is 2.16. The fraction of sp³-hybridized carbons (Fsp3) is 0.500. The maximum atomic E-state index is 13.2. The van der Waals surface area contributed by atoms with E-state index in [9.17, 15) is 8.78 Å². The number of halogens is 2. The lowest BCUT2D eigenvalue weighted by Crippen LogP contribution is -2.18. The summed E-state index contributed by atoms with van der Waals surface area (Å²) in [6.07, 6.45) is 0.955. The fourth-order valence-electron chi connectivity index (χ4n) is 1.64. The quantitative estimate of drug-likeness (QED) is 0.801. The van der Waals surface area contributed by atoms with E-state index in [4.69, 9.17) is 0 Å². The number of anilines is 1. The summed E-state index contributed by atoms with van der Waals surface area (Å²) in [4.78, 5) is 0. The van der Waals surface area contributed by atoms with Crippen molar-refractivity contribution in [2.75, 3.05) is 5.32 Å². The average molecular weight is 213 g/mol. The molecular weight excluding hydrogens is 196 g/mol. The molecular formula is C12H17F2N. The molecule has 0 aromatic heterocycles. The molecule has 0 radical (unpaired) electrons. The standard InChI is InChI=1S/C12H17F2N/c1-8(2)6-9(3)15-12-5-4-10(13)7-11(12)14/h4-5,7-9,15H,6H2,1-3H3. The van der Waals surface area contributed by atoms with Crippen molar-refractivity contribution in [3.05, 3.63) is 29.8 Å². The fourth-order valence-corrected chi connectivity index (χ4v) is 1.64. The molecule has 0 bridgehead atoms. The van der Waals surface area contributed by atoms with Crippen LogP contribution in [0, 0.1) is 17.6 Å². The van der Waals surface area contributed by atoms with Crippen molar-refractivity contribution >= 4 is 5.69 Å². The summed E-state index contributed by atoms with van der Waals surface area (Å²) in [6, 6.07) is 3.77. The minimum Gasteiger partial charge on any atom is -0.380 e. The van der Waals surface area contributed by atoms with Crippen LogP contribution in [0.25, 0.3) is 0 Å². The third kappa shape index (κ3) is 3.86. The minimum atomic E-state index is -0.547. The Balaban J connectivity index is 2.64. The summed E-state index contributed by atoms with van der Waals surface area (Å²) in [6.45, 7) is 6.21. The van der Waals surface area contributed by atoms with E-state index < -0.39 is 11.6 Å². The van der Waals surface area contributed by atoms with Crippen LogP contribution in [-0.4, -0.2) is 6.04 Å². The molecule has 0 heterocycles. The molecule has 0 aliphatic rings. The van der Waals surface area contributed by atoms with E-state index >= 15 is 0 Å². The van der Waals surface area contributed by atoms with Crippen LogP contribution in [0.4, 0.5) is 14.5 Å². The smallest absolute Gasteiger partial charge is 0.149 e. The van der Waals surface area contributed by atoms with Crippen LogP contribution in [0.5, 0.6) is 0 Å². The predicted octanol–water partition coefficient (Wildman–Crippen LogP) is 3.81. The molecule has 0 spiro atoms. The van der Waals surface area contributed by atoms with Crippen molar-refractivity contribution in [2.24, 2.45) is 5.92 Å². The van der Waals surface area contributed by atoms with Crippen molar-refractivity contribution < 1.29 is 8.78 Å². The highest BCUT2D eigenvalue weighted by atomic mass is 19.1. The molecule has 0 saturated heterocycles. The second-order valence-corrected chi connectivity index (χ2v) is 4.30. The van der Waals surface area contributed by atoms with E-state index in [1.165, 1.54) is 12.1 Å². The van der Waals surface area contributed by atoms with Crippen LogP contribution in [-0.2, 0) is 0 Å². The lowest BCUT2D eigenvalue weighted by molar-refractivity contribution is 0.534. The molecule has 1 aromatic rings. The van der Waals surface area contributed by atoms with Gasteiger partial charge in [0.15, 0.2) is 0 Å². The monoisotopic (exact) mass is 213 g/mol. The second kappa shape index (κ2) is 5.10. The van der Waals surface area contributed by atoms with Crippen LogP contribution < -0.4 is 5.32 Å². The molecule has 1 aromatic carbocycles. The van der Waals surface area contributed by atoms with Gasteiger partial charge in [-0.2, -0.15) is 0 Å². The molecule has 3 heteroatoms. The topological polar surface area (TPSA) is 12.0 Å². The lowest BCUT2D eigenvalue weighted by atomic mass is 10.1. The van der Waals surface area contributed by atoms with Gasteiger partial charge in [0.1, 0.15) is 11.6 Å². The summed E-state index contributed by atoms with van der Waals surface area (Å²) < 4.78 is 25.9. The molecule has 0 saturated carbocycles. The zero-order chi connectivity index (χ0) is 11.4. The van der Waals surface area contributed by atoms with E-state index in [2.05, 4.69) is 19.2 Å². The summed E-state index contributed by atoms with van der Waals surface area (Å²) in [7, 11) is 0. The van der Waals surface area contributed by atoms with Crippen LogP contribution in [0.15, 0.2) is 18.2 Å². The van der Waals surface area contributed by atoms with Gasteiger partial charge in [-0.15, -0.1) is 0 Å². The van der Waals surface area contributed by atoms with Gasteiger partial charge in [0.2, 0.25) is 0 Å². The molecule has 0 aliphatic carbocycles. The average Bonchev–Trinajstić information content (AvgIpc) is 2.08. The lowest BCUT2D eigenvalue weighted by Gasteiger charge is -2.17. The van der Waals surface area contributed by atoms with Crippen molar-refractivity contribution in [2.45, 2.75) is 33.2 Å². The Morgan fingerprint density at radius 2 is 1.87 bits per heavy atom. The van der Waals surface area contributed by atoms with Crippen LogP contribution in [0.1, 0.15) is 27.2 Å². The van der Waals surface area contributed by atoms with Crippen molar-refractivity contribution in [1.82, 2.24) is 0 Å². The summed E-state index contributed by atoms with van der Waals surface area (Å²) >= 11 is 0. The van der Waals surface area contributed by atoms with Crippen LogP contribution in [0.2, 0.25) is 0 Å².